The number of aryl methyl sites for hydroxylation is 2. The number of benzene rings is 1. The van der Waals surface area contributed by atoms with Crippen LogP contribution in [0.3, 0.4) is 0 Å². The number of nitrogens with zero attached hydrogens (tertiary/aromatic N) is 1. The minimum absolute atomic E-state index is 1.28. The molecule has 0 aliphatic carbocycles. The van der Waals surface area contributed by atoms with Crippen LogP contribution in [0, 0.1) is 6.92 Å². The summed E-state index contributed by atoms with van der Waals surface area (Å²) in [5, 5.41) is 0. The molecule has 0 aliphatic heterocycles. The van der Waals surface area contributed by atoms with E-state index in [2.05, 4.69) is 78.4 Å². The monoisotopic (exact) mass is 302 g/mol. The van der Waals surface area contributed by atoms with Crippen LogP contribution in [0.4, 0.5) is 0 Å². The first kappa shape index (κ1) is 13.3. The van der Waals surface area contributed by atoms with Gasteiger partial charge in [0.15, 0.2) is 0 Å². The second-order valence-corrected chi connectivity index (χ2v) is 16.6. The summed E-state index contributed by atoms with van der Waals surface area (Å²) < 4.78 is 3.71. The Balaban J connectivity index is 2.37. The molecule has 2 aromatic rings. The van der Waals surface area contributed by atoms with E-state index in [0.717, 1.165) is 0 Å². The van der Waals surface area contributed by atoms with Crippen molar-refractivity contribution in [2.24, 2.45) is 7.05 Å². The molecule has 1 aromatic carbocycles. The van der Waals surface area contributed by atoms with Gasteiger partial charge in [-0.15, -0.1) is 0 Å². The quantitative estimate of drug-likeness (QED) is 0.593. The van der Waals surface area contributed by atoms with Crippen molar-refractivity contribution >= 4 is 17.7 Å². The molecule has 0 radical (unpaired) electrons. The van der Waals surface area contributed by atoms with Crippen LogP contribution in [0.2, 0.25) is 17.3 Å². The molecule has 2 rings (SSSR count). The van der Waals surface area contributed by atoms with Crippen LogP contribution in [0.25, 0.3) is 11.1 Å². The van der Waals surface area contributed by atoms with Crippen molar-refractivity contribution in [1.29, 1.82) is 0 Å². The Morgan fingerprint density at radius 2 is 1.50 bits per heavy atom. The van der Waals surface area contributed by atoms with Crippen molar-refractivity contribution in [3.8, 4) is 11.1 Å². The van der Waals surface area contributed by atoms with Gasteiger partial charge in [0, 0.05) is 0 Å². The van der Waals surface area contributed by atoms with Gasteiger partial charge in [-0.3, -0.25) is 0 Å². The van der Waals surface area contributed by atoms with Gasteiger partial charge in [-0.05, 0) is 0 Å². The summed E-state index contributed by atoms with van der Waals surface area (Å²) in [6.07, 6.45) is 2.13. The summed E-state index contributed by atoms with van der Waals surface area (Å²) in [6.45, 7) is 2.14. The average Bonchev–Trinajstić information content (AvgIpc) is 2.32. The van der Waals surface area contributed by atoms with E-state index in [0.29, 0.717) is 0 Å². The van der Waals surface area contributed by atoms with Crippen LogP contribution in [-0.2, 0) is 7.05 Å². The van der Waals surface area contributed by atoms with E-state index < -0.39 is 13.3 Å². The first-order valence-corrected chi connectivity index (χ1v) is 13.8. The summed E-state index contributed by atoms with van der Waals surface area (Å²) in [7, 11) is 2.08. The van der Waals surface area contributed by atoms with Crippen molar-refractivity contribution in [2.75, 3.05) is 0 Å². The topological polar surface area (TPSA) is 3.88 Å². The Labute approximate surface area is 113 Å². The van der Waals surface area contributed by atoms with Gasteiger partial charge in [0.1, 0.15) is 0 Å². The standard InChI is InChI=1S/C16H22GeN/c1-13-12-15(10-11-18(13)5)14-6-8-16(9-7-14)17(2,3)4/h6-12H,1-5H3/q+1. The Hall–Kier alpha value is -1.09. The summed E-state index contributed by atoms with van der Waals surface area (Å²) in [4.78, 5) is 0. The second-order valence-electron chi connectivity index (χ2n) is 6.00. The Kier molecular flexibility index (Phi) is 3.62. The molecule has 0 saturated heterocycles. The third-order valence-corrected chi connectivity index (χ3v) is 7.82. The normalized spacial score (nSPS) is 11.6. The number of hydrogen-bond donors (Lipinski definition) is 0. The van der Waals surface area contributed by atoms with E-state index in [1.165, 1.54) is 16.8 Å². The summed E-state index contributed by atoms with van der Waals surface area (Å²) in [6, 6.07) is 13.6. The Morgan fingerprint density at radius 1 is 0.889 bits per heavy atom. The van der Waals surface area contributed by atoms with Gasteiger partial charge < -0.3 is 0 Å². The van der Waals surface area contributed by atoms with Crippen LogP contribution in [0.15, 0.2) is 42.6 Å². The Morgan fingerprint density at radius 3 is 2.00 bits per heavy atom. The van der Waals surface area contributed by atoms with Crippen molar-refractivity contribution in [1.82, 2.24) is 0 Å². The number of pyridine rings is 1. The zero-order chi connectivity index (χ0) is 13.3. The maximum absolute atomic E-state index is 2.43. The molecule has 0 aliphatic rings. The predicted molar refractivity (Wildman–Crippen MR) is 80.8 cm³/mol. The van der Waals surface area contributed by atoms with E-state index in [4.69, 9.17) is 0 Å². The summed E-state index contributed by atoms with van der Waals surface area (Å²) >= 11 is -1.67. The molecule has 2 heteroatoms. The zero-order valence-electron chi connectivity index (χ0n) is 12.0. The van der Waals surface area contributed by atoms with Crippen molar-refractivity contribution in [3.05, 3.63) is 48.3 Å². The van der Waals surface area contributed by atoms with Gasteiger partial charge >= 0.3 is 113 Å². The van der Waals surface area contributed by atoms with Gasteiger partial charge in [-0.1, -0.05) is 0 Å². The molecular weight excluding hydrogens is 279 g/mol. The van der Waals surface area contributed by atoms with Crippen LogP contribution >= 0.6 is 0 Å². The number of aromatic nitrogens is 1. The third-order valence-electron chi connectivity index (χ3n) is 3.48. The van der Waals surface area contributed by atoms with Crippen molar-refractivity contribution in [3.63, 3.8) is 0 Å². The first-order chi connectivity index (χ1) is 8.38. The molecule has 94 valence electrons. The van der Waals surface area contributed by atoms with Crippen LogP contribution in [0.1, 0.15) is 5.69 Å². The van der Waals surface area contributed by atoms with Crippen LogP contribution in [0.5, 0.6) is 0 Å². The molecular formula is C16H22GeN+. The van der Waals surface area contributed by atoms with Crippen molar-refractivity contribution in [2.45, 2.75) is 24.2 Å². The van der Waals surface area contributed by atoms with Gasteiger partial charge in [0.25, 0.3) is 0 Å². The van der Waals surface area contributed by atoms with E-state index >= 15 is 0 Å². The fourth-order valence-corrected chi connectivity index (χ4v) is 4.47. The summed E-state index contributed by atoms with van der Waals surface area (Å²) in [5.41, 5.74) is 3.90. The fourth-order valence-electron chi connectivity index (χ4n) is 2.03. The van der Waals surface area contributed by atoms with Gasteiger partial charge in [-0.25, -0.2) is 0 Å². The molecule has 1 heterocycles. The number of hydrogen-bond acceptors (Lipinski definition) is 0. The average molecular weight is 301 g/mol. The third kappa shape index (κ3) is 2.83. The van der Waals surface area contributed by atoms with E-state index in [-0.39, 0.29) is 0 Å². The summed E-state index contributed by atoms with van der Waals surface area (Å²) in [5.74, 6) is 7.30. The minimum atomic E-state index is -1.67. The SMILES string of the molecule is Cc1cc(-c2cc[c]([Ge]([CH3])([CH3])[CH3])cc2)cc[n+]1C. The van der Waals surface area contributed by atoms with Crippen LogP contribution in [-0.4, -0.2) is 13.3 Å². The van der Waals surface area contributed by atoms with Gasteiger partial charge in [-0.2, -0.15) is 0 Å². The van der Waals surface area contributed by atoms with Crippen molar-refractivity contribution < 1.29 is 4.57 Å². The molecule has 0 spiro atoms. The van der Waals surface area contributed by atoms with E-state index in [1.807, 2.05) is 0 Å². The first-order valence-electron chi connectivity index (χ1n) is 6.45. The Bertz CT molecular complexity index is 550. The molecule has 0 atom stereocenters. The number of rotatable bonds is 2. The molecule has 1 nitrogen and oxygen atoms in total. The van der Waals surface area contributed by atoms with Gasteiger partial charge in [0.2, 0.25) is 0 Å². The van der Waals surface area contributed by atoms with E-state index in [1.54, 1.807) is 4.40 Å². The molecule has 0 N–H and O–H groups in total. The van der Waals surface area contributed by atoms with Gasteiger partial charge in [0.05, 0.1) is 0 Å². The van der Waals surface area contributed by atoms with E-state index in [9.17, 15) is 0 Å². The maximum atomic E-state index is 2.43. The molecule has 0 saturated carbocycles. The molecule has 0 fully saturated rings. The molecule has 0 amide bonds. The fraction of sp³-hybridized carbons (Fsp3) is 0.312. The molecule has 1 aromatic heterocycles. The molecule has 18 heavy (non-hydrogen) atoms. The van der Waals surface area contributed by atoms with Crippen LogP contribution < -0.4 is 8.96 Å². The second kappa shape index (κ2) is 4.89. The zero-order valence-corrected chi connectivity index (χ0v) is 14.1. The predicted octanol–water partition coefficient (Wildman–Crippen LogP) is 3.03. The molecule has 0 unspecified atom stereocenters. The molecule has 0 bridgehead atoms.